The molecular weight excluding hydrogens is 365 g/mol. The first kappa shape index (κ1) is 16.7. The highest BCUT2D eigenvalue weighted by Gasteiger charge is 2.20. The van der Waals surface area contributed by atoms with E-state index in [1.54, 1.807) is 6.20 Å². The van der Waals surface area contributed by atoms with Gasteiger partial charge < -0.3 is 11.1 Å². The molecular formula is C14H20IN5. The van der Waals surface area contributed by atoms with Crippen LogP contribution < -0.4 is 11.1 Å². The highest BCUT2D eigenvalue weighted by Crippen LogP contribution is 2.28. The van der Waals surface area contributed by atoms with Gasteiger partial charge in [0.2, 0.25) is 0 Å². The van der Waals surface area contributed by atoms with Crippen LogP contribution in [0.4, 0.5) is 5.82 Å². The number of nitriles is 1. The van der Waals surface area contributed by atoms with Crippen LogP contribution in [0.3, 0.4) is 0 Å². The summed E-state index contributed by atoms with van der Waals surface area (Å²) >= 11 is 0. The summed E-state index contributed by atoms with van der Waals surface area (Å²) in [5, 5.41) is 11.8. The number of halogens is 1. The third kappa shape index (κ3) is 5.33. The van der Waals surface area contributed by atoms with E-state index in [1.807, 2.05) is 18.2 Å². The fourth-order valence-electron chi connectivity index (χ4n) is 2.31. The number of guanidine groups is 1. The smallest absolute Gasteiger partial charge is 0.194 e. The van der Waals surface area contributed by atoms with Crippen LogP contribution in [-0.4, -0.2) is 17.5 Å². The molecule has 3 N–H and O–H groups in total. The molecule has 1 fully saturated rings. The van der Waals surface area contributed by atoms with E-state index in [1.165, 1.54) is 0 Å². The number of nitrogens with zero attached hydrogens (tertiary/aromatic N) is 3. The van der Waals surface area contributed by atoms with Crippen LogP contribution in [0.5, 0.6) is 0 Å². The van der Waals surface area contributed by atoms with Gasteiger partial charge >= 0.3 is 0 Å². The third-order valence-corrected chi connectivity index (χ3v) is 3.47. The Balaban J connectivity index is 0.00000200. The van der Waals surface area contributed by atoms with E-state index in [2.05, 4.69) is 21.4 Å². The molecule has 0 aromatic carbocycles. The van der Waals surface area contributed by atoms with Crippen LogP contribution in [-0.2, 0) is 0 Å². The molecule has 0 aliphatic heterocycles. The maximum absolute atomic E-state index is 8.85. The molecule has 20 heavy (non-hydrogen) atoms. The van der Waals surface area contributed by atoms with Gasteiger partial charge in [0.25, 0.3) is 0 Å². The quantitative estimate of drug-likeness (QED) is 0.476. The lowest BCUT2D eigenvalue weighted by atomic mass is 9.83. The van der Waals surface area contributed by atoms with Crippen molar-refractivity contribution in [2.75, 3.05) is 11.9 Å². The average molecular weight is 385 g/mol. The molecule has 1 aliphatic carbocycles. The number of rotatable bonds is 3. The molecule has 1 aromatic heterocycles. The van der Waals surface area contributed by atoms with Gasteiger partial charge in [-0.05, 0) is 43.7 Å². The van der Waals surface area contributed by atoms with E-state index >= 15 is 0 Å². The Hall–Kier alpha value is -1.36. The van der Waals surface area contributed by atoms with Crippen LogP contribution >= 0.6 is 24.0 Å². The zero-order chi connectivity index (χ0) is 13.5. The molecule has 1 aromatic rings. The molecule has 6 heteroatoms. The van der Waals surface area contributed by atoms with E-state index < -0.39 is 0 Å². The van der Waals surface area contributed by atoms with Crippen LogP contribution in [0.1, 0.15) is 25.7 Å². The second-order valence-corrected chi connectivity index (χ2v) is 4.91. The lowest BCUT2D eigenvalue weighted by molar-refractivity contribution is 0.322. The first-order chi connectivity index (χ1) is 9.28. The lowest BCUT2D eigenvalue weighted by Crippen LogP contribution is -2.25. The number of hydrogen-bond acceptors (Lipinski definition) is 3. The van der Waals surface area contributed by atoms with Gasteiger partial charge in [-0.1, -0.05) is 6.07 Å². The minimum atomic E-state index is 0. The van der Waals surface area contributed by atoms with Crippen molar-refractivity contribution in [1.82, 2.24) is 4.98 Å². The molecule has 1 saturated carbocycles. The van der Waals surface area contributed by atoms with E-state index in [-0.39, 0.29) is 29.9 Å². The lowest BCUT2D eigenvalue weighted by Gasteiger charge is -2.23. The second-order valence-electron chi connectivity index (χ2n) is 4.91. The fraction of sp³-hybridized carbons (Fsp3) is 0.500. The number of hydrogen-bond donors (Lipinski definition) is 2. The Bertz CT molecular complexity index is 460. The summed E-state index contributed by atoms with van der Waals surface area (Å²) in [7, 11) is 0. The Labute approximate surface area is 136 Å². The number of anilines is 1. The van der Waals surface area contributed by atoms with Gasteiger partial charge in [0.15, 0.2) is 5.96 Å². The molecule has 2 rings (SSSR count). The number of nitrogens with two attached hydrogens (primary N) is 1. The molecule has 1 aliphatic rings. The number of aromatic nitrogens is 1. The summed E-state index contributed by atoms with van der Waals surface area (Å²) < 4.78 is 0. The van der Waals surface area contributed by atoms with Crippen molar-refractivity contribution in [3.05, 3.63) is 24.4 Å². The van der Waals surface area contributed by atoms with Gasteiger partial charge in [0.1, 0.15) is 5.82 Å². The zero-order valence-corrected chi connectivity index (χ0v) is 13.7. The molecule has 0 atom stereocenters. The van der Waals surface area contributed by atoms with Gasteiger partial charge in [-0.25, -0.2) is 4.98 Å². The molecule has 1 heterocycles. The molecule has 108 valence electrons. The van der Waals surface area contributed by atoms with Crippen LogP contribution in [0.25, 0.3) is 0 Å². The highest BCUT2D eigenvalue weighted by atomic mass is 127. The largest absolute Gasteiger partial charge is 0.370 e. The average Bonchev–Trinajstić information content (AvgIpc) is 2.47. The molecule has 0 spiro atoms. The maximum atomic E-state index is 8.85. The number of aliphatic imine (C=N–C) groups is 1. The molecule has 0 bridgehead atoms. The van der Waals surface area contributed by atoms with E-state index in [0.29, 0.717) is 17.7 Å². The molecule has 0 amide bonds. The standard InChI is InChI=1S/C14H19N5.HI/c15-9-11-4-6-12(7-5-11)10-18-14(16)19-13-3-1-2-8-17-13;/h1-3,8,11-12H,4-7,10H2,(H3,16,17,18,19);1H. The van der Waals surface area contributed by atoms with Gasteiger partial charge in [-0.15, -0.1) is 24.0 Å². The van der Waals surface area contributed by atoms with Crippen molar-refractivity contribution < 1.29 is 0 Å². The van der Waals surface area contributed by atoms with Crippen LogP contribution in [0.2, 0.25) is 0 Å². The molecule has 0 radical (unpaired) electrons. The first-order valence-corrected chi connectivity index (χ1v) is 6.65. The monoisotopic (exact) mass is 385 g/mol. The van der Waals surface area contributed by atoms with Crippen molar-refractivity contribution in [2.45, 2.75) is 25.7 Å². The minimum absolute atomic E-state index is 0. The highest BCUT2D eigenvalue weighted by molar-refractivity contribution is 14.0. The van der Waals surface area contributed by atoms with Gasteiger partial charge in [-0.2, -0.15) is 5.26 Å². The second kappa shape index (κ2) is 8.74. The third-order valence-electron chi connectivity index (χ3n) is 3.47. The summed E-state index contributed by atoms with van der Waals surface area (Å²) in [6.45, 7) is 0.726. The topological polar surface area (TPSA) is 87.1 Å². The summed E-state index contributed by atoms with van der Waals surface area (Å²) in [6, 6.07) is 7.94. The van der Waals surface area contributed by atoms with Crippen molar-refractivity contribution in [3.8, 4) is 6.07 Å². The Kier molecular flexibility index (Phi) is 7.30. The summed E-state index contributed by atoms with van der Waals surface area (Å²) in [5.74, 6) is 1.90. The fourth-order valence-corrected chi connectivity index (χ4v) is 2.31. The van der Waals surface area contributed by atoms with Crippen molar-refractivity contribution in [2.24, 2.45) is 22.6 Å². The van der Waals surface area contributed by atoms with Gasteiger partial charge in [-0.3, -0.25) is 4.99 Å². The Morgan fingerprint density at radius 3 is 2.75 bits per heavy atom. The number of pyridine rings is 1. The van der Waals surface area contributed by atoms with E-state index in [9.17, 15) is 0 Å². The Morgan fingerprint density at radius 1 is 1.40 bits per heavy atom. The normalized spacial score (nSPS) is 22.4. The Morgan fingerprint density at radius 2 is 2.15 bits per heavy atom. The van der Waals surface area contributed by atoms with Crippen molar-refractivity contribution in [1.29, 1.82) is 5.26 Å². The summed E-state index contributed by atoms with van der Waals surface area (Å²) in [6.07, 6.45) is 5.82. The number of nitrogens with one attached hydrogen (secondary N) is 1. The summed E-state index contributed by atoms with van der Waals surface area (Å²) in [4.78, 5) is 8.48. The zero-order valence-electron chi connectivity index (χ0n) is 11.3. The SMILES string of the molecule is I.N#CC1CCC(CN=C(N)Nc2ccccn2)CC1. The van der Waals surface area contributed by atoms with E-state index in [0.717, 1.165) is 32.2 Å². The molecule has 5 nitrogen and oxygen atoms in total. The van der Waals surface area contributed by atoms with Gasteiger partial charge in [0.05, 0.1) is 6.07 Å². The van der Waals surface area contributed by atoms with Gasteiger partial charge in [0, 0.05) is 18.7 Å². The minimum Gasteiger partial charge on any atom is -0.370 e. The van der Waals surface area contributed by atoms with Crippen molar-refractivity contribution >= 4 is 35.8 Å². The maximum Gasteiger partial charge on any atom is 0.194 e. The van der Waals surface area contributed by atoms with Crippen molar-refractivity contribution in [3.63, 3.8) is 0 Å². The first-order valence-electron chi connectivity index (χ1n) is 6.65. The van der Waals surface area contributed by atoms with E-state index in [4.69, 9.17) is 11.0 Å². The summed E-state index contributed by atoms with van der Waals surface area (Å²) in [5.41, 5.74) is 5.82. The van der Waals surface area contributed by atoms with Crippen LogP contribution in [0.15, 0.2) is 29.4 Å². The molecule has 0 saturated heterocycles. The predicted octanol–water partition coefficient (Wildman–Crippen LogP) is 2.76. The predicted molar refractivity (Wildman–Crippen MR) is 90.8 cm³/mol. The van der Waals surface area contributed by atoms with Crippen LogP contribution in [0, 0.1) is 23.2 Å². The molecule has 0 unspecified atom stereocenters.